The van der Waals surface area contributed by atoms with Gasteiger partial charge < -0.3 is 19.7 Å². The van der Waals surface area contributed by atoms with Crippen molar-refractivity contribution in [1.82, 2.24) is 15.1 Å². The Morgan fingerprint density at radius 3 is 2.52 bits per heavy atom. The van der Waals surface area contributed by atoms with Gasteiger partial charge in [0.2, 0.25) is 0 Å². The van der Waals surface area contributed by atoms with Crippen molar-refractivity contribution < 1.29 is 22.6 Å². The Balaban J connectivity index is 1.89. The molecule has 0 saturated carbocycles. The second-order valence-electron chi connectivity index (χ2n) is 7.84. The smallest absolute Gasteiger partial charge is 0.401 e. The number of halogens is 3. The summed E-state index contributed by atoms with van der Waals surface area (Å²) >= 11 is 0. The minimum Gasteiger partial charge on any atom is -0.497 e. The second-order valence-corrected chi connectivity index (χ2v) is 7.84. The number of hydrogen-bond acceptors (Lipinski definition) is 4. The molecule has 1 saturated heterocycles. The average Bonchev–Trinajstić information content (AvgIpc) is 3.18. The van der Waals surface area contributed by atoms with Crippen molar-refractivity contribution in [2.24, 2.45) is 10.9 Å². The molecule has 9 heteroatoms. The molecule has 0 aliphatic carbocycles. The Kier molecular flexibility index (Phi) is 9.74. The molecule has 2 unspecified atom stereocenters. The highest BCUT2D eigenvalue weighted by molar-refractivity contribution is 5.80. The lowest BCUT2D eigenvalue weighted by atomic mass is 10.1. The van der Waals surface area contributed by atoms with E-state index in [0.29, 0.717) is 26.2 Å². The number of aliphatic imine (C=N–C) groups is 1. The molecule has 176 valence electrons. The summed E-state index contributed by atoms with van der Waals surface area (Å²) in [6, 6.07) is 7.40. The molecule has 2 atom stereocenters. The van der Waals surface area contributed by atoms with Crippen molar-refractivity contribution in [1.29, 1.82) is 0 Å². The summed E-state index contributed by atoms with van der Waals surface area (Å²) in [6.07, 6.45) is -3.43. The van der Waals surface area contributed by atoms with E-state index in [-0.39, 0.29) is 12.0 Å². The summed E-state index contributed by atoms with van der Waals surface area (Å²) in [5.74, 6) is 2.50. The fraction of sp³-hybridized carbons (Fsp3) is 0.682. The van der Waals surface area contributed by atoms with Crippen LogP contribution in [0.5, 0.6) is 11.5 Å². The lowest BCUT2D eigenvalue weighted by Crippen LogP contribution is -2.42. The molecule has 1 aromatic rings. The summed E-state index contributed by atoms with van der Waals surface area (Å²) in [4.78, 5) is 8.32. The number of alkyl halides is 3. The van der Waals surface area contributed by atoms with E-state index in [1.807, 2.05) is 38.1 Å². The van der Waals surface area contributed by atoms with Gasteiger partial charge in [-0.15, -0.1) is 0 Å². The Morgan fingerprint density at radius 1 is 1.26 bits per heavy atom. The first-order valence-electron chi connectivity index (χ1n) is 10.9. The van der Waals surface area contributed by atoms with Crippen molar-refractivity contribution in [2.45, 2.75) is 39.5 Å². The molecule has 1 fully saturated rings. The van der Waals surface area contributed by atoms with Gasteiger partial charge in [-0.1, -0.05) is 6.92 Å². The van der Waals surface area contributed by atoms with Crippen LogP contribution in [0.3, 0.4) is 0 Å². The van der Waals surface area contributed by atoms with Crippen molar-refractivity contribution in [3.63, 3.8) is 0 Å². The van der Waals surface area contributed by atoms with Crippen LogP contribution in [0.1, 0.15) is 27.2 Å². The number of rotatable bonds is 10. The van der Waals surface area contributed by atoms with Gasteiger partial charge in [-0.2, -0.15) is 13.2 Å². The van der Waals surface area contributed by atoms with E-state index in [1.165, 1.54) is 4.90 Å². The second kappa shape index (κ2) is 12.0. The Hall–Kier alpha value is -2.16. The first kappa shape index (κ1) is 25.1. The van der Waals surface area contributed by atoms with Crippen LogP contribution in [0.25, 0.3) is 0 Å². The molecule has 0 bridgehead atoms. The molecule has 31 heavy (non-hydrogen) atoms. The van der Waals surface area contributed by atoms with Crippen LogP contribution in [0.2, 0.25) is 0 Å². The Bertz CT molecular complexity index is 682. The van der Waals surface area contributed by atoms with Crippen molar-refractivity contribution >= 4 is 5.96 Å². The number of benzene rings is 1. The zero-order valence-corrected chi connectivity index (χ0v) is 18.9. The quantitative estimate of drug-likeness (QED) is 0.441. The zero-order valence-electron chi connectivity index (χ0n) is 18.9. The van der Waals surface area contributed by atoms with Gasteiger partial charge in [0.25, 0.3) is 0 Å². The predicted molar refractivity (Wildman–Crippen MR) is 117 cm³/mol. The molecular formula is C22H35F3N4O2. The molecule has 0 amide bonds. The summed E-state index contributed by atoms with van der Waals surface area (Å²) in [5.41, 5.74) is 0. The lowest BCUT2D eigenvalue weighted by Gasteiger charge is -2.26. The number of ether oxygens (including phenoxy) is 2. The lowest BCUT2D eigenvalue weighted by molar-refractivity contribution is -0.146. The van der Waals surface area contributed by atoms with Crippen LogP contribution in [0.15, 0.2) is 29.3 Å². The summed E-state index contributed by atoms with van der Waals surface area (Å²) in [6.45, 7) is 8.41. The number of methoxy groups -OCH3 is 1. The minimum absolute atomic E-state index is 0.122. The largest absolute Gasteiger partial charge is 0.497 e. The van der Waals surface area contributed by atoms with Crippen LogP contribution >= 0.6 is 0 Å². The molecule has 0 aromatic heterocycles. The fourth-order valence-corrected chi connectivity index (χ4v) is 3.66. The van der Waals surface area contributed by atoms with Gasteiger partial charge in [0.1, 0.15) is 17.6 Å². The highest BCUT2D eigenvalue weighted by Crippen LogP contribution is 2.22. The van der Waals surface area contributed by atoms with Crippen LogP contribution in [-0.4, -0.2) is 81.0 Å². The average molecular weight is 445 g/mol. The third-order valence-electron chi connectivity index (χ3n) is 5.18. The van der Waals surface area contributed by atoms with E-state index in [9.17, 15) is 13.2 Å². The summed E-state index contributed by atoms with van der Waals surface area (Å²) in [5, 5.41) is 3.30. The third kappa shape index (κ3) is 8.85. The molecule has 0 radical (unpaired) electrons. The zero-order chi connectivity index (χ0) is 22.9. The topological polar surface area (TPSA) is 49.3 Å². The van der Waals surface area contributed by atoms with E-state index < -0.39 is 12.7 Å². The number of hydrogen-bond donors (Lipinski definition) is 1. The third-order valence-corrected chi connectivity index (χ3v) is 5.18. The van der Waals surface area contributed by atoms with E-state index in [2.05, 4.69) is 10.2 Å². The maximum atomic E-state index is 12.7. The highest BCUT2D eigenvalue weighted by atomic mass is 19.4. The standard InChI is InChI=1S/C22H35F3N4O2/c1-5-26-21(27-13-17(3)31-20-9-7-19(30-4)8-10-20)29-12-11-18(15-29)14-28(6-2)16-22(23,24)25/h7-10,17-18H,5-6,11-16H2,1-4H3,(H,26,27). The molecule has 0 spiro atoms. The minimum atomic E-state index is -4.16. The molecule has 2 rings (SSSR count). The van der Waals surface area contributed by atoms with E-state index in [4.69, 9.17) is 14.5 Å². The van der Waals surface area contributed by atoms with Crippen molar-refractivity contribution in [2.75, 3.05) is 52.9 Å². The van der Waals surface area contributed by atoms with Crippen LogP contribution in [0, 0.1) is 5.92 Å². The molecule has 1 aliphatic rings. The van der Waals surface area contributed by atoms with Crippen molar-refractivity contribution in [3.05, 3.63) is 24.3 Å². The van der Waals surface area contributed by atoms with Crippen molar-refractivity contribution in [3.8, 4) is 11.5 Å². The van der Waals surface area contributed by atoms with Crippen LogP contribution in [-0.2, 0) is 0 Å². The molecule has 1 aromatic carbocycles. The number of nitrogens with zero attached hydrogens (tertiary/aromatic N) is 3. The van der Waals surface area contributed by atoms with E-state index in [1.54, 1.807) is 14.0 Å². The Morgan fingerprint density at radius 2 is 1.94 bits per heavy atom. The van der Waals surface area contributed by atoms with Gasteiger partial charge in [-0.05, 0) is 57.0 Å². The fourth-order valence-electron chi connectivity index (χ4n) is 3.66. The number of likely N-dealkylation sites (tertiary alicyclic amines) is 1. The normalized spacial score (nSPS) is 18.4. The maximum absolute atomic E-state index is 12.7. The van der Waals surface area contributed by atoms with Gasteiger partial charge >= 0.3 is 6.18 Å². The van der Waals surface area contributed by atoms with Gasteiger partial charge in [-0.3, -0.25) is 4.90 Å². The molecule has 1 heterocycles. The van der Waals surface area contributed by atoms with Gasteiger partial charge in [0, 0.05) is 26.2 Å². The van der Waals surface area contributed by atoms with Crippen LogP contribution < -0.4 is 14.8 Å². The number of nitrogens with one attached hydrogen (secondary N) is 1. The summed E-state index contributed by atoms with van der Waals surface area (Å²) in [7, 11) is 1.62. The SMILES string of the molecule is CCNC(=NCC(C)Oc1ccc(OC)cc1)N1CCC(CN(CC)CC(F)(F)F)C1. The van der Waals surface area contributed by atoms with E-state index >= 15 is 0 Å². The van der Waals surface area contributed by atoms with Crippen LogP contribution in [0.4, 0.5) is 13.2 Å². The van der Waals surface area contributed by atoms with E-state index in [0.717, 1.165) is 37.0 Å². The predicted octanol–water partition coefficient (Wildman–Crippen LogP) is 3.63. The number of guanidine groups is 1. The Labute approximate surface area is 183 Å². The van der Waals surface area contributed by atoms with Gasteiger partial charge in [0.15, 0.2) is 5.96 Å². The first-order chi connectivity index (χ1) is 14.7. The molecule has 1 N–H and O–H groups in total. The monoisotopic (exact) mass is 444 g/mol. The maximum Gasteiger partial charge on any atom is 0.401 e. The molecular weight excluding hydrogens is 409 g/mol. The van der Waals surface area contributed by atoms with Gasteiger partial charge in [-0.25, -0.2) is 4.99 Å². The molecule has 6 nitrogen and oxygen atoms in total. The molecule has 1 aliphatic heterocycles. The first-order valence-corrected chi connectivity index (χ1v) is 10.9. The highest BCUT2D eigenvalue weighted by Gasteiger charge is 2.33. The van der Waals surface area contributed by atoms with Gasteiger partial charge in [0.05, 0.1) is 20.2 Å². The summed E-state index contributed by atoms with van der Waals surface area (Å²) < 4.78 is 49.3.